The van der Waals surface area contributed by atoms with Crippen LogP contribution in [0.2, 0.25) is 0 Å². The van der Waals surface area contributed by atoms with Crippen LogP contribution < -0.4 is 9.47 Å². The molecular weight excluding hydrogens is 528 g/mol. The fourth-order valence-electron chi connectivity index (χ4n) is 5.57. The first-order valence-corrected chi connectivity index (χ1v) is 14.1. The third-order valence-electron chi connectivity index (χ3n) is 7.90. The summed E-state index contributed by atoms with van der Waals surface area (Å²) in [4.78, 5) is 34.2. The standard InChI is InChI=1S/C32H35F2N3O4/c1-40-27-3-5-28(6-4-27)41-29-10-14-37(15-11-29)32(39)24-2-7-30(35-20-24)31(38)18-22-8-12-36(13-9-22)21-23-16-25(33)19-26(34)17-23/h2-7,16-17,19-20,22,29H,8-15,18,21H2,1H3. The number of carbonyl (C=O) groups is 2. The van der Waals surface area contributed by atoms with E-state index in [9.17, 15) is 18.4 Å². The predicted molar refractivity (Wildman–Crippen MR) is 150 cm³/mol. The summed E-state index contributed by atoms with van der Waals surface area (Å²) in [6.45, 7) is 3.19. The highest BCUT2D eigenvalue weighted by Crippen LogP contribution is 2.25. The monoisotopic (exact) mass is 563 g/mol. The lowest BCUT2D eigenvalue weighted by molar-refractivity contribution is 0.0594. The maximum atomic E-state index is 13.5. The van der Waals surface area contributed by atoms with Crippen LogP contribution in [-0.4, -0.2) is 65.9 Å². The zero-order valence-corrected chi connectivity index (χ0v) is 23.2. The van der Waals surface area contributed by atoms with E-state index in [4.69, 9.17) is 9.47 Å². The fraction of sp³-hybridized carbons (Fsp3) is 0.406. The number of carbonyl (C=O) groups excluding carboxylic acids is 2. The van der Waals surface area contributed by atoms with E-state index in [2.05, 4.69) is 9.88 Å². The molecule has 5 rings (SSSR count). The first-order valence-electron chi connectivity index (χ1n) is 14.1. The molecule has 3 heterocycles. The number of hydrogen-bond donors (Lipinski definition) is 0. The summed E-state index contributed by atoms with van der Waals surface area (Å²) in [5.74, 6) is 0.523. The number of piperidine rings is 2. The normalized spacial score (nSPS) is 16.9. The van der Waals surface area contributed by atoms with Crippen LogP contribution in [0.4, 0.5) is 8.78 Å². The molecule has 0 unspecified atom stereocenters. The second-order valence-electron chi connectivity index (χ2n) is 10.8. The number of aromatic nitrogens is 1. The molecule has 0 atom stereocenters. The Kier molecular flexibility index (Phi) is 9.24. The topological polar surface area (TPSA) is 72.0 Å². The Hall–Kier alpha value is -3.85. The molecule has 0 N–H and O–H groups in total. The zero-order chi connectivity index (χ0) is 28.8. The molecule has 41 heavy (non-hydrogen) atoms. The highest BCUT2D eigenvalue weighted by Gasteiger charge is 2.26. The Labute approximate surface area is 239 Å². The number of likely N-dealkylation sites (tertiary alicyclic amines) is 2. The molecule has 9 heteroatoms. The summed E-state index contributed by atoms with van der Waals surface area (Å²) in [7, 11) is 1.62. The molecule has 1 aromatic heterocycles. The van der Waals surface area contributed by atoms with Crippen LogP contribution in [0, 0.1) is 17.6 Å². The third kappa shape index (κ3) is 7.67. The summed E-state index contributed by atoms with van der Waals surface area (Å²) in [6.07, 6.45) is 5.07. The van der Waals surface area contributed by atoms with Gasteiger partial charge in [0.15, 0.2) is 5.78 Å². The van der Waals surface area contributed by atoms with Gasteiger partial charge in [0, 0.05) is 51.2 Å². The highest BCUT2D eigenvalue weighted by atomic mass is 19.1. The van der Waals surface area contributed by atoms with Crippen molar-refractivity contribution < 1.29 is 27.8 Å². The first kappa shape index (κ1) is 28.7. The number of amides is 1. The Morgan fingerprint density at radius 2 is 1.54 bits per heavy atom. The zero-order valence-electron chi connectivity index (χ0n) is 23.2. The Balaban J connectivity index is 1.05. The van der Waals surface area contributed by atoms with E-state index < -0.39 is 11.6 Å². The highest BCUT2D eigenvalue weighted by molar-refractivity contribution is 5.97. The van der Waals surface area contributed by atoms with Crippen molar-refractivity contribution in [1.82, 2.24) is 14.8 Å². The Morgan fingerprint density at radius 1 is 0.878 bits per heavy atom. The van der Waals surface area contributed by atoms with E-state index in [-0.39, 0.29) is 23.7 Å². The quantitative estimate of drug-likeness (QED) is 0.319. The van der Waals surface area contributed by atoms with Gasteiger partial charge in [-0.2, -0.15) is 0 Å². The van der Waals surface area contributed by atoms with Crippen molar-refractivity contribution in [2.24, 2.45) is 5.92 Å². The van der Waals surface area contributed by atoms with Gasteiger partial charge in [-0.1, -0.05) is 0 Å². The van der Waals surface area contributed by atoms with Gasteiger partial charge in [-0.05, 0) is 85.9 Å². The number of halogens is 2. The minimum atomic E-state index is -0.569. The Morgan fingerprint density at radius 3 is 2.15 bits per heavy atom. The van der Waals surface area contributed by atoms with Crippen molar-refractivity contribution in [3.63, 3.8) is 0 Å². The number of methoxy groups -OCH3 is 1. The van der Waals surface area contributed by atoms with Crippen LogP contribution in [0.15, 0.2) is 60.8 Å². The predicted octanol–water partition coefficient (Wildman–Crippen LogP) is 5.54. The molecule has 3 aromatic rings. The molecule has 7 nitrogen and oxygen atoms in total. The number of pyridine rings is 1. The molecule has 0 spiro atoms. The molecule has 2 saturated heterocycles. The van der Waals surface area contributed by atoms with Crippen LogP contribution in [0.1, 0.15) is 58.5 Å². The molecular formula is C32H35F2N3O4. The first-order chi connectivity index (χ1) is 19.9. The van der Waals surface area contributed by atoms with E-state index in [0.717, 1.165) is 56.3 Å². The smallest absolute Gasteiger partial charge is 0.255 e. The third-order valence-corrected chi connectivity index (χ3v) is 7.90. The lowest BCUT2D eigenvalue weighted by Gasteiger charge is -2.32. The SMILES string of the molecule is COc1ccc(OC2CCN(C(=O)c3ccc(C(=O)CC4CCN(Cc5cc(F)cc(F)c5)CC4)nc3)CC2)cc1. The second kappa shape index (κ2) is 13.2. The van der Waals surface area contributed by atoms with E-state index in [1.807, 2.05) is 24.3 Å². The van der Waals surface area contributed by atoms with Gasteiger partial charge in [0.2, 0.25) is 0 Å². The molecule has 1 amide bonds. The largest absolute Gasteiger partial charge is 0.497 e. The maximum Gasteiger partial charge on any atom is 0.255 e. The van der Waals surface area contributed by atoms with Crippen molar-refractivity contribution in [3.05, 3.63) is 89.2 Å². The molecule has 0 aliphatic carbocycles. The van der Waals surface area contributed by atoms with Gasteiger partial charge in [-0.15, -0.1) is 0 Å². The van der Waals surface area contributed by atoms with Crippen molar-refractivity contribution >= 4 is 11.7 Å². The summed E-state index contributed by atoms with van der Waals surface area (Å²) >= 11 is 0. The number of ether oxygens (including phenoxy) is 2. The maximum absolute atomic E-state index is 13.5. The second-order valence-corrected chi connectivity index (χ2v) is 10.8. The molecule has 2 fully saturated rings. The van der Waals surface area contributed by atoms with E-state index in [0.29, 0.717) is 42.9 Å². The number of Topliss-reactive ketones (excluding diaryl/α,β-unsaturated/α-hetero) is 1. The van der Waals surface area contributed by atoms with E-state index in [1.54, 1.807) is 24.1 Å². The fourth-order valence-corrected chi connectivity index (χ4v) is 5.57. The van der Waals surface area contributed by atoms with Crippen molar-refractivity contribution in [3.8, 4) is 11.5 Å². The van der Waals surface area contributed by atoms with Crippen molar-refractivity contribution in [1.29, 1.82) is 0 Å². The Bertz CT molecular complexity index is 1310. The van der Waals surface area contributed by atoms with Crippen molar-refractivity contribution in [2.75, 3.05) is 33.3 Å². The average Bonchev–Trinajstić information content (AvgIpc) is 2.98. The summed E-state index contributed by atoms with van der Waals surface area (Å²) in [5, 5.41) is 0. The minimum Gasteiger partial charge on any atom is -0.497 e. The van der Waals surface area contributed by atoms with Gasteiger partial charge in [0.25, 0.3) is 5.91 Å². The summed E-state index contributed by atoms with van der Waals surface area (Å²) < 4.78 is 38.2. The van der Waals surface area contributed by atoms with Crippen molar-refractivity contribution in [2.45, 2.75) is 44.8 Å². The molecule has 2 aliphatic heterocycles. The van der Waals surface area contributed by atoms with Crippen LogP contribution >= 0.6 is 0 Å². The minimum absolute atomic E-state index is 0.0360. The molecule has 2 aliphatic rings. The number of nitrogens with zero attached hydrogens (tertiary/aromatic N) is 3. The van der Waals surface area contributed by atoms with Crippen LogP contribution in [-0.2, 0) is 6.54 Å². The average molecular weight is 564 g/mol. The van der Waals surface area contributed by atoms with Crippen LogP contribution in [0.3, 0.4) is 0 Å². The van der Waals surface area contributed by atoms with Crippen LogP contribution in [0.25, 0.3) is 0 Å². The molecule has 0 saturated carbocycles. The van der Waals surface area contributed by atoms with Gasteiger partial charge < -0.3 is 14.4 Å². The van der Waals surface area contributed by atoms with Crippen LogP contribution in [0.5, 0.6) is 11.5 Å². The van der Waals surface area contributed by atoms with E-state index in [1.165, 1.54) is 18.3 Å². The van der Waals surface area contributed by atoms with E-state index >= 15 is 0 Å². The number of rotatable bonds is 9. The van der Waals surface area contributed by atoms with Gasteiger partial charge in [0.1, 0.15) is 34.9 Å². The molecule has 0 radical (unpaired) electrons. The van der Waals surface area contributed by atoms with Gasteiger partial charge in [-0.3, -0.25) is 19.5 Å². The molecule has 216 valence electrons. The number of hydrogen-bond acceptors (Lipinski definition) is 6. The number of benzene rings is 2. The summed E-state index contributed by atoms with van der Waals surface area (Å²) in [6, 6.07) is 14.4. The molecule has 0 bridgehead atoms. The lowest BCUT2D eigenvalue weighted by Crippen LogP contribution is -2.41. The number of ketones is 1. The van der Waals surface area contributed by atoms with Gasteiger partial charge in [0.05, 0.1) is 12.7 Å². The van der Waals surface area contributed by atoms with Gasteiger partial charge >= 0.3 is 0 Å². The van der Waals surface area contributed by atoms with Gasteiger partial charge in [-0.25, -0.2) is 8.78 Å². The lowest BCUT2D eigenvalue weighted by atomic mass is 9.90. The summed E-state index contributed by atoms with van der Waals surface area (Å²) in [5.41, 5.74) is 1.45. The molecule has 2 aromatic carbocycles.